The molecule has 1 fully saturated rings. The standard InChI is InChI=1S/C28H33N3O8/c1-16-18(7-6-8-20(16)17-9-10-23(35-2)24(11-17)36-3)15-39-28-29-25(37-4)21(26(30-28)38-5)14-31-13-19(32)12-22(31)27(33)34/h6-11,19,22,32H,12-15H2,1-5H3,(H,33,34)/t19-,22+/m1/s1. The first kappa shape index (κ1) is 27.9. The number of benzene rings is 2. The van der Waals surface area contributed by atoms with Gasteiger partial charge in [-0.1, -0.05) is 24.3 Å². The first-order valence-corrected chi connectivity index (χ1v) is 12.4. The van der Waals surface area contributed by atoms with Crippen molar-refractivity contribution in [3.63, 3.8) is 0 Å². The molecule has 0 saturated carbocycles. The van der Waals surface area contributed by atoms with Gasteiger partial charge in [-0.05, 0) is 41.3 Å². The molecule has 0 amide bonds. The molecular formula is C28H33N3O8. The van der Waals surface area contributed by atoms with Gasteiger partial charge in [0.25, 0.3) is 0 Å². The zero-order valence-corrected chi connectivity index (χ0v) is 22.6. The normalized spacial score (nSPS) is 17.1. The lowest BCUT2D eigenvalue weighted by molar-refractivity contribution is -0.142. The summed E-state index contributed by atoms with van der Waals surface area (Å²) < 4.78 is 27.7. The number of aromatic nitrogens is 2. The van der Waals surface area contributed by atoms with E-state index in [-0.39, 0.29) is 43.9 Å². The number of carboxylic acid groups (broad SMARTS) is 1. The molecule has 2 aromatic carbocycles. The van der Waals surface area contributed by atoms with Crippen LogP contribution in [0.5, 0.6) is 29.3 Å². The molecule has 0 unspecified atom stereocenters. The number of carboxylic acids is 1. The Hall–Kier alpha value is -4.09. The molecule has 1 saturated heterocycles. The van der Waals surface area contributed by atoms with Crippen LogP contribution >= 0.6 is 0 Å². The highest BCUT2D eigenvalue weighted by molar-refractivity contribution is 5.74. The maximum absolute atomic E-state index is 11.7. The number of rotatable bonds is 11. The van der Waals surface area contributed by atoms with E-state index in [1.807, 2.05) is 43.3 Å². The Labute approximate surface area is 226 Å². The minimum absolute atomic E-state index is 0.0552. The van der Waals surface area contributed by atoms with E-state index < -0.39 is 18.1 Å². The molecule has 208 valence electrons. The molecule has 2 atom stereocenters. The highest BCUT2D eigenvalue weighted by Gasteiger charge is 2.37. The van der Waals surface area contributed by atoms with Crippen LogP contribution in [-0.4, -0.2) is 78.2 Å². The third-order valence-electron chi connectivity index (χ3n) is 6.82. The van der Waals surface area contributed by atoms with Crippen LogP contribution in [0.2, 0.25) is 0 Å². The molecule has 0 aliphatic carbocycles. The van der Waals surface area contributed by atoms with Gasteiger partial charge < -0.3 is 33.9 Å². The Morgan fingerprint density at radius 2 is 1.69 bits per heavy atom. The zero-order chi connectivity index (χ0) is 28.1. The number of aliphatic hydroxyl groups is 1. The second kappa shape index (κ2) is 12.2. The highest BCUT2D eigenvalue weighted by atomic mass is 16.5. The molecule has 0 bridgehead atoms. The van der Waals surface area contributed by atoms with Gasteiger partial charge in [-0.15, -0.1) is 0 Å². The molecular weight excluding hydrogens is 506 g/mol. The average molecular weight is 540 g/mol. The molecule has 11 nitrogen and oxygen atoms in total. The van der Waals surface area contributed by atoms with Gasteiger partial charge in [0.1, 0.15) is 12.6 Å². The van der Waals surface area contributed by atoms with Crippen molar-refractivity contribution in [1.29, 1.82) is 0 Å². The monoisotopic (exact) mass is 539 g/mol. The van der Waals surface area contributed by atoms with Crippen LogP contribution in [0.15, 0.2) is 36.4 Å². The van der Waals surface area contributed by atoms with Crippen molar-refractivity contribution in [2.24, 2.45) is 0 Å². The molecule has 3 aromatic rings. The summed E-state index contributed by atoms with van der Waals surface area (Å²) in [5, 5.41) is 19.5. The van der Waals surface area contributed by atoms with Crippen LogP contribution in [0.25, 0.3) is 11.1 Å². The van der Waals surface area contributed by atoms with E-state index >= 15 is 0 Å². The average Bonchev–Trinajstić information content (AvgIpc) is 3.32. The molecule has 1 aliphatic rings. The fraction of sp³-hybridized carbons (Fsp3) is 0.393. The zero-order valence-electron chi connectivity index (χ0n) is 22.6. The minimum atomic E-state index is -1.00. The highest BCUT2D eigenvalue weighted by Crippen LogP contribution is 2.35. The molecule has 2 heterocycles. The van der Waals surface area contributed by atoms with E-state index in [1.54, 1.807) is 19.1 Å². The lowest BCUT2D eigenvalue weighted by Crippen LogP contribution is -2.35. The fourth-order valence-corrected chi connectivity index (χ4v) is 4.78. The minimum Gasteiger partial charge on any atom is -0.493 e. The van der Waals surface area contributed by atoms with Crippen LogP contribution in [0.1, 0.15) is 23.1 Å². The molecule has 2 N–H and O–H groups in total. The maximum atomic E-state index is 11.7. The third-order valence-corrected chi connectivity index (χ3v) is 6.82. The van der Waals surface area contributed by atoms with Gasteiger partial charge in [0.15, 0.2) is 11.5 Å². The second-order valence-electron chi connectivity index (χ2n) is 9.12. The first-order valence-electron chi connectivity index (χ1n) is 12.4. The third kappa shape index (κ3) is 5.99. The Morgan fingerprint density at radius 3 is 2.31 bits per heavy atom. The van der Waals surface area contributed by atoms with Crippen molar-refractivity contribution in [1.82, 2.24) is 14.9 Å². The second-order valence-corrected chi connectivity index (χ2v) is 9.12. The number of β-amino-alcohol motifs (C(OH)–C–C–N with tert-alkyl or cyclic N) is 1. The van der Waals surface area contributed by atoms with Gasteiger partial charge in [0.05, 0.1) is 40.1 Å². The van der Waals surface area contributed by atoms with Crippen LogP contribution in [0, 0.1) is 6.92 Å². The molecule has 1 aromatic heterocycles. The van der Waals surface area contributed by atoms with Crippen LogP contribution < -0.4 is 23.7 Å². The fourth-order valence-electron chi connectivity index (χ4n) is 4.78. The summed E-state index contributed by atoms with van der Waals surface area (Å²) in [6.07, 6.45) is -0.589. The van der Waals surface area contributed by atoms with Crippen LogP contribution in [-0.2, 0) is 17.9 Å². The van der Waals surface area contributed by atoms with Crippen molar-refractivity contribution in [3.05, 3.63) is 53.1 Å². The SMILES string of the molecule is COc1ccc(-c2cccc(COc3nc(OC)c(CN4C[C@H](O)C[C@H]4C(=O)O)c(OC)n3)c2C)cc1OC. The predicted molar refractivity (Wildman–Crippen MR) is 142 cm³/mol. The Morgan fingerprint density at radius 1 is 1.00 bits per heavy atom. The Kier molecular flexibility index (Phi) is 8.72. The number of carbonyl (C=O) groups is 1. The summed E-state index contributed by atoms with van der Waals surface area (Å²) in [4.78, 5) is 22.1. The molecule has 39 heavy (non-hydrogen) atoms. The van der Waals surface area contributed by atoms with E-state index in [9.17, 15) is 15.0 Å². The Bertz CT molecular complexity index is 1310. The number of aliphatic carboxylic acids is 1. The van der Waals surface area contributed by atoms with E-state index in [0.717, 1.165) is 22.3 Å². The van der Waals surface area contributed by atoms with Crippen molar-refractivity contribution in [3.8, 4) is 40.4 Å². The smallest absolute Gasteiger partial charge is 0.323 e. The summed E-state index contributed by atoms with van der Waals surface area (Å²) >= 11 is 0. The number of hydrogen-bond acceptors (Lipinski definition) is 10. The largest absolute Gasteiger partial charge is 0.493 e. The van der Waals surface area contributed by atoms with E-state index in [1.165, 1.54) is 14.2 Å². The number of aliphatic hydroxyl groups excluding tert-OH is 1. The molecule has 11 heteroatoms. The van der Waals surface area contributed by atoms with Gasteiger partial charge in [0.2, 0.25) is 11.8 Å². The number of nitrogens with zero attached hydrogens (tertiary/aromatic N) is 3. The lowest BCUT2D eigenvalue weighted by atomic mass is 9.96. The number of likely N-dealkylation sites (tertiary alicyclic amines) is 1. The van der Waals surface area contributed by atoms with E-state index in [0.29, 0.717) is 17.1 Å². The molecule has 0 spiro atoms. The topological polar surface area (TPSA) is 133 Å². The maximum Gasteiger partial charge on any atom is 0.323 e. The van der Waals surface area contributed by atoms with Gasteiger partial charge in [0, 0.05) is 19.5 Å². The van der Waals surface area contributed by atoms with Crippen LogP contribution in [0.4, 0.5) is 0 Å². The number of ether oxygens (including phenoxy) is 5. The van der Waals surface area contributed by atoms with Gasteiger partial charge >= 0.3 is 12.0 Å². The summed E-state index contributed by atoms with van der Waals surface area (Å²) in [6.45, 7) is 2.54. The van der Waals surface area contributed by atoms with Crippen LogP contribution in [0.3, 0.4) is 0 Å². The Balaban J connectivity index is 1.56. The van der Waals surface area contributed by atoms with E-state index in [4.69, 9.17) is 23.7 Å². The summed E-state index contributed by atoms with van der Waals surface area (Å²) in [6, 6.07) is 10.9. The summed E-state index contributed by atoms with van der Waals surface area (Å²) in [5.41, 5.74) is 4.42. The van der Waals surface area contributed by atoms with Crippen molar-refractivity contribution in [2.45, 2.75) is 38.6 Å². The lowest BCUT2D eigenvalue weighted by Gasteiger charge is -2.22. The van der Waals surface area contributed by atoms with Gasteiger partial charge in [-0.2, -0.15) is 9.97 Å². The van der Waals surface area contributed by atoms with Gasteiger partial charge in [-0.25, -0.2) is 0 Å². The number of methoxy groups -OCH3 is 4. The van der Waals surface area contributed by atoms with Gasteiger partial charge in [-0.3, -0.25) is 9.69 Å². The number of hydrogen-bond donors (Lipinski definition) is 2. The van der Waals surface area contributed by atoms with Crippen molar-refractivity contribution in [2.75, 3.05) is 35.0 Å². The van der Waals surface area contributed by atoms with Crippen molar-refractivity contribution >= 4 is 5.97 Å². The van der Waals surface area contributed by atoms with Crippen molar-refractivity contribution < 1.29 is 38.7 Å². The summed E-state index contributed by atoms with van der Waals surface area (Å²) in [7, 11) is 6.12. The molecule has 0 radical (unpaired) electrons. The predicted octanol–water partition coefficient (Wildman–Crippen LogP) is 3.09. The molecule has 4 rings (SSSR count). The first-order chi connectivity index (χ1) is 18.8. The molecule has 1 aliphatic heterocycles. The summed E-state index contributed by atoms with van der Waals surface area (Å²) in [5.74, 6) is 0.704. The van der Waals surface area contributed by atoms with E-state index in [2.05, 4.69) is 9.97 Å². The quantitative estimate of drug-likeness (QED) is 0.372.